The van der Waals surface area contributed by atoms with Crippen molar-refractivity contribution < 1.29 is 17.6 Å². The van der Waals surface area contributed by atoms with E-state index in [4.69, 9.17) is 11.6 Å². The second-order valence-electron chi connectivity index (χ2n) is 6.66. The lowest BCUT2D eigenvalue weighted by molar-refractivity contribution is 0.0698. The van der Waals surface area contributed by atoms with Crippen LogP contribution in [0.3, 0.4) is 0 Å². The van der Waals surface area contributed by atoms with Gasteiger partial charge < -0.3 is 4.90 Å². The van der Waals surface area contributed by atoms with Crippen molar-refractivity contribution in [2.75, 3.05) is 26.2 Å². The van der Waals surface area contributed by atoms with E-state index in [1.165, 1.54) is 16.7 Å². The van der Waals surface area contributed by atoms with Crippen molar-refractivity contribution in [2.24, 2.45) is 0 Å². The standard InChI is InChI=1S/C19H17ClFN5O3S/c20-17-11-16(5-6-18(17)21)30(28,29)25-9-7-24(8-10-25)19(27)14-1-3-15(4-2-14)26-13-22-12-23-26/h1-6,11-13H,7-10H2. The van der Waals surface area contributed by atoms with Crippen LogP contribution < -0.4 is 0 Å². The van der Waals surface area contributed by atoms with Gasteiger partial charge in [-0.05, 0) is 42.5 Å². The number of hydrogen-bond donors (Lipinski definition) is 0. The number of halogens is 2. The van der Waals surface area contributed by atoms with Crippen LogP contribution in [0.2, 0.25) is 5.02 Å². The van der Waals surface area contributed by atoms with Crippen molar-refractivity contribution in [3.63, 3.8) is 0 Å². The highest BCUT2D eigenvalue weighted by Crippen LogP contribution is 2.23. The molecule has 0 atom stereocenters. The molecular weight excluding hydrogens is 433 g/mol. The number of nitrogens with zero attached hydrogens (tertiary/aromatic N) is 5. The fourth-order valence-corrected chi connectivity index (χ4v) is 4.89. The molecule has 2 heterocycles. The van der Waals surface area contributed by atoms with Gasteiger partial charge in [0.1, 0.15) is 18.5 Å². The Bertz CT molecular complexity index is 1160. The molecular formula is C19H17ClFN5O3S. The Morgan fingerprint density at radius 1 is 1.03 bits per heavy atom. The van der Waals surface area contributed by atoms with Crippen LogP contribution in [0, 0.1) is 5.82 Å². The molecule has 0 N–H and O–H groups in total. The van der Waals surface area contributed by atoms with Gasteiger partial charge in [0.2, 0.25) is 10.0 Å². The van der Waals surface area contributed by atoms with Crippen molar-refractivity contribution in [2.45, 2.75) is 4.90 Å². The Balaban J connectivity index is 1.42. The number of amides is 1. The Labute approximate surface area is 177 Å². The lowest BCUT2D eigenvalue weighted by Gasteiger charge is -2.34. The molecule has 1 aliphatic heterocycles. The van der Waals surface area contributed by atoms with Crippen LogP contribution in [0.1, 0.15) is 10.4 Å². The smallest absolute Gasteiger partial charge is 0.253 e. The molecule has 11 heteroatoms. The largest absolute Gasteiger partial charge is 0.336 e. The number of benzene rings is 2. The van der Waals surface area contributed by atoms with E-state index in [0.717, 1.165) is 17.8 Å². The molecule has 30 heavy (non-hydrogen) atoms. The van der Waals surface area contributed by atoms with E-state index in [1.54, 1.807) is 40.2 Å². The van der Waals surface area contributed by atoms with Crippen molar-refractivity contribution in [1.82, 2.24) is 24.0 Å². The van der Waals surface area contributed by atoms with Crippen LogP contribution in [0.4, 0.5) is 4.39 Å². The maximum atomic E-state index is 13.3. The second kappa shape index (κ2) is 8.13. The van der Waals surface area contributed by atoms with Gasteiger partial charge in [0.15, 0.2) is 0 Å². The maximum absolute atomic E-state index is 13.3. The molecule has 0 saturated carbocycles. The zero-order valence-electron chi connectivity index (χ0n) is 15.6. The molecule has 4 rings (SSSR count). The Kier molecular flexibility index (Phi) is 5.54. The summed E-state index contributed by atoms with van der Waals surface area (Å²) in [5.41, 5.74) is 1.28. The fourth-order valence-electron chi connectivity index (χ4n) is 3.20. The zero-order valence-corrected chi connectivity index (χ0v) is 17.2. The highest BCUT2D eigenvalue weighted by molar-refractivity contribution is 7.89. The molecule has 1 aliphatic rings. The van der Waals surface area contributed by atoms with Gasteiger partial charge in [-0.25, -0.2) is 22.5 Å². The number of hydrogen-bond acceptors (Lipinski definition) is 5. The van der Waals surface area contributed by atoms with Crippen molar-refractivity contribution in [1.29, 1.82) is 0 Å². The van der Waals surface area contributed by atoms with Crippen LogP contribution in [0.25, 0.3) is 5.69 Å². The number of aromatic nitrogens is 3. The number of piperazine rings is 1. The monoisotopic (exact) mass is 449 g/mol. The number of sulfonamides is 1. The molecule has 1 saturated heterocycles. The molecule has 1 fully saturated rings. The number of carbonyl (C=O) groups is 1. The predicted octanol–water partition coefficient (Wildman–Crippen LogP) is 2.21. The Hall–Kier alpha value is -2.82. The maximum Gasteiger partial charge on any atom is 0.253 e. The van der Waals surface area contributed by atoms with Gasteiger partial charge in [0, 0.05) is 31.7 Å². The van der Waals surface area contributed by atoms with Gasteiger partial charge in [-0.2, -0.15) is 9.40 Å². The molecule has 0 aliphatic carbocycles. The fraction of sp³-hybridized carbons (Fsp3) is 0.211. The van der Waals surface area contributed by atoms with Gasteiger partial charge in [-0.3, -0.25) is 4.79 Å². The Morgan fingerprint density at radius 3 is 2.33 bits per heavy atom. The van der Waals surface area contributed by atoms with Gasteiger partial charge >= 0.3 is 0 Å². The van der Waals surface area contributed by atoms with Crippen LogP contribution >= 0.6 is 11.6 Å². The first-order chi connectivity index (χ1) is 14.4. The molecule has 2 aromatic carbocycles. The van der Waals surface area contributed by atoms with Crippen molar-refractivity contribution in [3.8, 4) is 5.69 Å². The first-order valence-corrected chi connectivity index (χ1v) is 10.9. The average Bonchev–Trinajstić information content (AvgIpc) is 3.30. The highest BCUT2D eigenvalue weighted by atomic mass is 35.5. The molecule has 0 unspecified atom stereocenters. The second-order valence-corrected chi connectivity index (χ2v) is 9.00. The highest BCUT2D eigenvalue weighted by Gasteiger charge is 2.30. The summed E-state index contributed by atoms with van der Waals surface area (Å²) in [6.45, 7) is 0.774. The molecule has 0 spiro atoms. The van der Waals surface area contributed by atoms with E-state index in [0.29, 0.717) is 5.56 Å². The van der Waals surface area contributed by atoms with Gasteiger partial charge in [0.25, 0.3) is 5.91 Å². The van der Waals surface area contributed by atoms with E-state index in [-0.39, 0.29) is 42.0 Å². The summed E-state index contributed by atoms with van der Waals surface area (Å²) < 4.78 is 41.7. The molecule has 1 amide bonds. The minimum Gasteiger partial charge on any atom is -0.336 e. The first kappa shape index (κ1) is 20.5. The van der Waals surface area contributed by atoms with Gasteiger partial charge in [0.05, 0.1) is 15.6 Å². The average molecular weight is 450 g/mol. The van der Waals surface area contributed by atoms with Crippen molar-refractivity contribution >= 4 is 27.5 Å². The molecule has 156 valence electrons. The van der Waals surface area contributed by atoms with E-state index in [2.05, 4.69) is 10.1 Å². The van der Waals surface area contributed by atoms with Crippen LogP contribution in [0.5, 0.6) is 0 Å². The zero-order chi connectivity index (χ0) is 21.3. The van der Waals surface area contributed by atoms with Crippen LogP contribution in [-0.2, 0) is 10.0 Å². The van der Waals surface area contributed by atoms with Crippen molar-refractivity contribution in [3.05, 3.63) is 71.5 Å². The van der Waals surface area contributed by atoms with E-state index in [1.807, 2.05) is 0 Å². The van der Waals surface area contributed by atoms with E-state index in [9.17, 15) is 17.6 Å². The minimum atomic E-state index is -3.82. The third-order valence-electron chi connectivity index (χ3n) is 4.85. The SMILES string of the molecule is O=C(c1ccc(-n2cncn2)cc1)N1CCN(S(=O)(=O)c2ccc(F)c(Cl)c2)CC1. The summed E-state index contributed by atoms with van der Waals surface area (Å²) in [5.74, 6) is -0.858. The summed E-state index contributed by atoms with van der Waals surface area (Å²) in [6.07, 6.45) is 2.98. The third kappa shape index (κ3) is 3.93. The molecule has 1 aromatic heterocycles. The Morgan fingerprint density at radius 2 is 1.73 bits per heavy atom. The van der Waals surface area contributed by atoms with E-state index >= 15 is 0 Å². The topological polar surface area (TPSA) is 88.4 Å². The third-order valence-corrected chi connectivity index (χ3v) is 7.04. The molecule has 8 nitrogen and oxygen atoms in total. The molecule has 0 radical (unpaired) electrons. The molecule has 0 bridgehead atoms. The minimum absolute atomic E-state index is 0.0719. The number of rotatable bonds is 4. The van der Waals surface area contributed by atoms with Crippen LogP contribution in [-0.4, -0.2) is 64.5 Å². The van der Waals surface area contributed by atoms with E-state index < -0.39 is 15.8 Å². The summed E-state index contributed by atoms with van der Waals surface area (Å²) in [7, 11) is -3.82. The molecule has 3 aromatic rings. The number of carbonyl (C=O) groups excluding carboxylic acids is 1. The summed E-state index contributed by atoms with van der Waals surface area (Å²) in [6, 6.07) is 10.2. The summed E-state index contributed by atoms with van der Waals surface area (Å²) in [4.78, 5) is 18.2. The summed E-state index contributed by atoms with van der Waals surface area (Å²) in [5, 5.41) is 3.79. The normalized spacial score (nSPS) is 15.3. The first-order valence-electron chi connectivity index (χ1n) is 9.06. The lowest BCUT2D eigenvalue weighted by Crippen LogP contribution is -2.50. The van der Waals surface area contributed by atoms with Crippen LogP contribution in [0.15, 0.2) is 60.0 Å². The lowest BCUT2D eigenvalue weighted by atomic mass is 10.1. The quantitative estimate of drug-likeness (QED) is 0.609. The predicted molar refractivity (Wildman–Crippen MR) is 107 cm³/mol. The summed E-state index contributed by atoms with van der Waals surface area (Å²) >= 11 is 5.72. The van der Waals surface area contributed by atoms with Gasteiger partial charge in [-0.1, -0.05) is 11.6 Å². The van der Waals surface area contributed by atoms with Gasteiger partial charge in [-0.15, -0.1) is 0 Å².